The Morgan fingerprint density at radius 1 is 0.647 bits per heavy atom. The molecule has 0 bridgehead atoms. The fourth-order valence-electron chi connectivity index (χ4n) is 3.70. The molecule has 0 fully saturated rings. The van der Waals surface area contributed by atoms with Crippen molar-refractivity contribution >= 4 is 31.9 Å². The van der Waals surface area contributed by atoms with Gasteiger partial charge < -0.3 is 0 Å². The van der Waals surface area contributed by atoms with E-state index in [-0.39, 0.29) is 0 Å². The molecule has 170 valence electrons. The topological polar surface area (TPSA) is 87.2 Å². The van der Waals surface area contributed by atoms with Crippen LogP contribution < -0.4 is 0 Å². The van der Waals surface area contributed by atoms with Crippen LogP contribution in [0.5, 0.6) is 0 Å². The smallest absolute Gasteiger partial charge is 0.204 e. The zero-order valence-electron chi connectivity index (χ0n) is 18.1. The number of hydrogen-bond acceptors (Lipinski definition) is 6. The number of halogens is 2. The number of aromatic nitrogens is 8. The molecule has 8 nitrogen and oxygen atoms in total. The zero-order chi connectivity index (χ0) is 23.3. The number of nitrogens with zero attached hydrogens (tertiary/aromatic N) is 8. The molecule has 5 aromatic rings. The van der Waals surface area contributed by atoms with Gasteiger partial charge in [-0.1, -0.05) is 98.6 Å². The van der Waals surface area contributed by atoms with Gasteiger partial charge in [0.2, 0.25) is 5.82 Å². The molecule has 10 heteroatoms. The average molecular weight is 580 g/mol. The molecule has 0 spiro atoms. The Morgan fingerprint density at radius 2 is 1.29 bits per heavy atom. The minimum absolute atomic E-state index is 0.555. The van der Waals surface area contributed by atoms with Crippen molar-refractivity contribution in [1.29, 1.82) is 0 Å². The van der Waals surface area contributed by atoms with Crippen LogP contribution in [0.1, 0.15) is 22.3 Å². The Balaban J connectivity index is 1.37. The molecule has 0 amide bonds. The molecule has 0 aliphatic carbocycles. The van der Waals surface area contributed by atoms with Crippen LogP contribution >= 0.6 is 31.9 Å². The highest BCUT2D eigenvalue weighted by Crippen LogP contribution is 2.23. The first-order chi connectivity index (χ1) is 16.7. The van der Waals surface area contributed by atoms with E-state index in [4.69, 9.17) is 0 Å². The van der Waals surface area contributed by atoms with Gasteiger partial charge in [-0.15, -0.1) is 15.3 Å². The zero-order valence-corrected chi connectivity index (χ0v) is 21.3. The molecule has 0 aliphatic rings. The van der Waals surface area contributed by atoms with E-state index in [9.17, 15) is 0 Å². The van der Waals surface area contributed by atoms with Crippen molar-refractivity contribution in [3.63, 3.8) is 0 Å². The molecule has 0 N–H and O–H groups in total. The standard InChI is InChI=1S/C24H20Br2N8/c25-13-17-4-1-6-19(10-17)15-33-24(28-30-32-33)22-9-3-8-21(12-22)23-27-31-34(29-23)16-20-7-2-5-18(11-20)14-26/h1-12H,13-16H2. The van der Waals surface area contributed by atoms with Crippen LogP contribution in [0.3, 0.4) is 0 Å². The summed E-state index contributed by atoms with van der Waals surface area (Å²) in [7, 11) is 0. The second kappa shape index (κ2) is 10.4. The Labute approximate surface area is 213 Å². The summed E-state index contributed by atoms with van der Waals surface area (Å²) in [5.74, 6) is 1.24. The summed E-state index contributed by atoms with van der Waals surface area (Å²) in [6.45, 7) is 1.13. The first-order valence-corrected chi connectivity index (χ1v) is 12.9. The highest BCUT2D eigenvalue weighted by molar-refractivity contribution is 9.08. The van der Waals surface area contributed by atoms with Gasteiger partial charge in [-0.3, -0.25) is 0 Å². The SMILES string of the molecule is BrCc1cccc(Cn2nnc(-c3cccc(-c4nnnn4Cc4cccc(CBr)c4)c3)n2)c1. The third kappa shape index (κ3) is 5.13. The first-order valence-electron chi connectivity index (χ1n) is 10.6. The molecule has 0 saturated heterocycles. The minimum atomic E-state index is 0.555. The largest absolute Gasteiger partial charge is 0.221 e. The predicted octanol–water partition coefficient (Wildman–Crippen LogP) is 4.88. The third-order valence-corrected chi connectivity index (χ3v) is 6.61. The molecule has 0 aliphatic heterocycles. The summed E-state index contributed by atoms with van der Waals surface area (Å²) in [5, 5.41) is 27.1. The molecule has 2 aromatic heterocycles. The molecule has 0 radical (unpaired) electrons. The molecule has 34 heavy (non-hydrogen) atoms. The quantitative estimate of drug-likeness (QED) is 0.243. The van der Waals surface area contributed by atoms with Crippen molar-refractivity contribution in [3.8, 4) is 22.8 Å². The summed E-state index contributed by atoms with van der Waals surface area (Å²) < 4.78 is 1.80. The van der Waals surface area contributed by atoms with E-state index in [0.29, 0.717) is 24.7 Å². The summed E-state index contributed by atoms with van der Waals surface area (Å²) in [6.07, 6.45) is 0. The van der Waals surface area contributed by atoms with E-state index < -0.39 is 0 Å². The normalized spacial score (nSPS) is 11.1. The molecule has 3 aromatic carbocycles. The molecular weight excluding hydrogens is 560 g/mol. The lowest BCUT2D eigenvalue weighted by molar-refractivity contribution is 0.572. The third-order valence-electron chi connectivity index (χ3n) is 5.31. The fourth-order valence-corrected chi connectivity index (χ4v) is 4.40. The van der Waals surface area contributed by atoms with Gasteiger partial charge in [0.1, 0.15) is 0 Å². The Hall–Kier alpha value is -3.24. The van der Waals surface area contributed by atoms with Gasteiger partial charge >= 0.3 is 0 Å². The van der Waals surface area contributed by atoms with E-state index >= 15 is 0 Å². The summed E-state index contributed by atoms with van der Waals surface area (Å²) in [4.78, 5) is 1.61. The number of rotatable bonds is 8. The van der Waals surface area contributed by atoms with Crippen molar-refractivity contribution < 1.29 is 0 Å². The van der Waals surface area contributed by atoms with E-state index in [1.165, 1.54) is 11.1 Å². The highest BCUT2D eigenvalue weighted by atomic mass is 79.9. The lowest BCUT2D eigenvalue weighted by Crippen LogP contribution is -2.05. The number of hydrogen-bond donors (Lipinski definition) is 0. The van der Waals surface area contributed by atoms with Gasteiger partial charge in [0.25, 0.3) is 0 Å². The maximum Gasteiger partial charge on any atom is 0.204 e. The molecule has 2 heterocycles. The van der Waals surface area contributed by atoms with Crippen LogP contribution in [0.2, 0.25) is 0 Å². The van der Waals surface area contributed by atoms with Crippen molar-refractivity contribution in [1.82, 2.24) is 40.4 Å². The lowest BCUT2D eigenvalue weighted by atomic mass is 10.1. The molecule has 0 saturated carbocycles. The van der Waals surface area contributed by atoms with Gasteiger partial charge in [0.15, 0.2) is 5.82 Å². The Morgan fingerprint density at radius 3 is 2.03 bits per heavy atom. The van der Waals surface area contributed by atoms with Crippen molar-refractivity contribution in [2.45, 2.75) is 23.7 Å². The van der Waals surface area contributed by atoms with Crippen LogP contribution in [0.25, 0.3) is 22.8 Å². The van der Waals surface area contributed by atoms with Gasteiger partial charge in [-0.25, -0.2) is 4.68 Å². The molecule has 0 atom stereocenters. The first kappa shape index (κ1) is 22.5. The Bertz CT molecular complexity index is 1410. The lowest BCUT2D eigenvalue weighted by Gasteiger charge is -2.07. The van der Waals surface area contributed by atoms with Gasteiger partial charge in [-0.2, -0.15) is 4.80 Å². The Kier molecular flexibility index (Phi) is 6.87. The predicted molar refractivity (Wildman–Crippen MR) is 136 cm³/mol. The van der Waals surface area contributed by atoms with Gasteiger partial charge in [0.05, 0.1) is 13.1 Å². The monoisotopic (exact) mass is 578 g/mol. The second-order valence-electron chi connectivity index (χ2n) is 7.79. The molecular formula is C24H20Br2N8. The van der Waals surface area contributed by atoms with Crippen molar-refractivity contribution in [3.05, 3.63) is 95.1 Å². The van der Waals surface area contributed by atoms with Crippen LogP contribution in [-0.2, 0) is 23.7 Å². The number of tetrazole rings is 2. The van der Waals surface area contributed by atoms with Crippen molar-refractivity contribution in [2.75, 3.05) is 0 Å². The van der Waals surface area contributed by atoms with Crippen LogP contribution in [0, 0.1) is 0 Å². The maximum absolute atomic E-state index is 4.58. The van der Waals surface area contributed by atoms with E-state index in [2.05, 4.69) is 99.2 Å². The van der Waals surface area contributed by atoms with Gasteiger partial charge in [0, 0.05) is 21.8 Å². The number of benzene rings is 3. The highest BCUT2D eigenvalue weighted by Gasteiger charge is 2.13. The van der Waals surface area contributed by atoms with Crippen LogP contribution in [0.4, 0.5) is 0 Å². The maximum atomic E-state index is 4.58. The minimum Gasteiger partial charge on any atom is -0.221 e. The second-order valence-corrected chi connectivity index (χ2v) is 8.91. The summed E-state index contributed by atoms with van der Waals surface area (Å²) in [5.41, 5.74) is 6.42. The van der Waals surface area contributed by atoms with Crippen LogP contribution in [-0.4, -0.2) is 40.4 Å². The van der Waals surface area contributed by atoms with E-state index in [1.807, 2.05) is 36.4 Å². The van der Waals surface area contributed by atoms with Gasteiger partial charge in [-0.05, 0) is 44.0 Å². The summed E-state index contributed by atoms with van der Waals surface area (Å²) in [6, 6.07) is 24.5. The summed E-state index contributed by atoms with van der Waals surface area (Å²) >= 11 is 7.01. The fraction of sp³-hybridized carbons (Fsp3) is 0.167. The molecule has 5 rings (SSSR count). The molecule has 0 unspecified atom stereocenters. The van der Waals surface area contributed by atoms with Crippen LogP contribution in [0.15, 0.2) is 72.8 Å². The van der Waals surface area contributed by atoms with Crippen molar-refractivity contribution in [2.24, 2.45) is 0 Å². The average Bonchev–Trinajstić information content (AvgIpc) is 3.54. The number of alkyl halides is 2. The van der Waals surface area contributed by atoms with E-state index in [0.717, 1.165) is 32.9 Å². The van der Waals surface area contributed by atoms with E-state index in [1.54, 1.807) is 9.48 Å².